The Balaban J connectivity index is 0.000000863. The molecule has 0 heterocycles. The van der Waals surface area contributed by atoms with Gasteiger partial charge in [0.2, 0.25) is 0 Å². The van der Waals surface area contributed by atoms with Gasteiger partial charge in [0.15, 0.2) is 0 Å². The van der Waals surface area contributed by atoms with E-state index in [-0.39, 0.29) is 18.2 Å². The predicted octanol–water partition coefficient (Wildman–Crippen LogP) is 7.51. The molecule has 2 rings (SSSR count). The largest absolute Gasteiger partial charge is 0.465 e. The average Bonchev–Trinajstić information content (AvgIpc) is 2.93. The number of nitrogens with zero attached hydrogens (tertiary/aromatic N) is 3. The van der Waals surface area contributed by atoms with Crippen molar-refractivity contribution in [1.82, 2.24) is 4.90 Å². The Morgan fingerprint density at radius 2 is 1.62 bits per heavy atom. The molecule has 0 fully saturated rings. The maximum Gasteiger partial charge on any atom is 0.325 e. The molecular formula is C31H50N4O4. The minimum absolute atomic E-state index is 0.0426. The quantitative estimate of drug-likeness (QED) is 0.108. The van der Waals surface area contributed by atoms with Crippen LogP contribution in [0.3, 0.4) is 0 Å². The number of esters is 1. The molecule has 0 unspecified atom stereocenters. The minimum atomic E-state index is -0.431. The van der Waals surface area contributed by atoms with Gasteiger partial charge in [-0.15, -0.1) is 0 Å². The van der Waals surface area contributed by atoms with Crippen LogP contribution in [-0.4, -0.2) is 54.8 Å². The number of carbonyl (C=O) groups is 1. The van der Waals surface area contributed by atoms with Crippen LogP contribution >= 0.6 is 0 Å². The summed E-state index contributed by atoms with van der Waals surface area (Å²) in [6.45, 7) is 17.6. The third-order valence-electron chi connectivity index (χ3n) is 5.20. The lowest BCUT2D eigenvalue weighted by atomic mass is 10.2. The molecule has 0 aliphatic heterocycles. The van der Waals surface area contributed by atoms with Gasteiger partial charge in [-0.1, -0.05) is 71.7 Å². The zero-order valence-corrected chi connectivity index (χ0v) is 24.9. The summed E-state index contributed by atoms with van der Waals surface area (Å²) in [5.74, 6) is -0.298. The van der Waals surface area contributed by atoms with E-state index in [1.807, 2.05) is 24.3 Å². The molecule has 0 saturated carbocycles. The Bertz CT molecular complexity index is 926. The highest BCUT2D eigenvalue weighted by Gasteiger charge is 2.04. The highest BCUT2D eigenvalue weighted by molar-refractivity contribution is 5.80. The molecule has 0 aromatic heterocycles. The highest BCUT2D eigenvalue weighted by atomic mass is 16.6. The predicted molar refractivity (Wildman–Crippen MR) is 164 cm³/mol. The molecule has 218 valence electrons. The first-order chi connectivity index (χ1) is 18.8. The Hall–Kier alpha value is -3.26. The fourth-order valence-electron chi connectivity index (χ4n) is 3.44. The number of aliphatic imine (C=N–C) groups is 1. The van der Waals surface area contributed by atoms with Gasteiger partial charge in [0.25, 0.3) is 5.69 Å². The summed E-state index contributed by atoms with van der Waals surface area (Å²) in [7, 11) is 0. The van der Waals surface area contributed by atoms with Gasteiger partial charge < -0.3 is 15.0 Å². The maximum atomic E-state index is 11.3. The Morgan fingerprint density at radius 3 is 2.15 bits per heavy atom. The highest BCUT2D eigenvalue weighted by Crippen LogP contribution is 2.13. The van der Waals surface area contributed by atoms with E-state index in [9.17, 15) is 14.9 Å². The monoisotopic (exact) mass is 542 g/mol. The van der Waals surface area contributed by atoms with E-state index in [1.165, 1.54) is 63.9 Å². The van der Waals surface area contributed by atoms with Crippen LogP contribution in [0.25, 0.3) is 0 Å². The molecule has 2 aromatic carbocycles. The van der Waals surface area contributed by atoms with Crippen LogP contribution in [0, 0.1) is 10.1 Å². The Labute approximate surface area is 236 Å². The summed E-state index contributed by atoms with van der Waals surface area (Å²) in [4.78, 5) is 28.5. The minimum Gasteiger partial charge on any atom is -0.465 e. The van der Waals surface area contributed by atoms with E-state index in [0.717, 1.165) is 11.3 Å². The van der Waals surface area contributed by atoms with Gasteiger partial charge in [-0.3, -0.25) is 19.9 Å². The summed E-state index contributed by atoms with van der Waals surface area (Å²) < 4.78 is 4.84. The van der Waals surface area contributed by atoms with Gasteiger partial charge in [-0.2, -0.15) is 0 Å². The first-order valence-electron chi connectivity index (χ1n) is 14.3. The fraction of sp³-hybridized carbons (Fsp3) is 0.548. The first-order valence-corrected chi connectivity index (χ1v) is 14.3. The third kappa shape index (κ3) is 18.6. The van der Waals surface area contributed by atoms with Crippen LogP contribution in [-0.2, 0) is 16.1 Å². The third-order valence-corrected chi connectivity index (χ3v) is 5.20. The number of benzene rings is 2. The number of carbonyl (C=O) groups excluding carboxylic acids is 1. The molecule has 8 heteroatoms. The first kappa shape index (κ1) is 35.7. The molecule has 1 N–H and O–H groups in total. The zero-order valence-electron chi connectivity index (χ0n) is 24.9. The maximum absolute atomic E-state index is 11.3. The van der Waals surface area contributed by atoms with Gasteiger partial charge >= 0.3 is 5.97 Å². The van der Waals surface area contributed by atoms with Crippen molar-refractivity contribution < 1.29 is 14.5 Å². The van der Waals surface area contributed by atoms with Crippen molar-refractivity contribution in [3.8, 4) is 0 Å². The molecular weight excluding hydrogens is 492 g/mol. The second-order valence-corrected chi connectivity index (χ2v) is 9.08. The van der Waals surface area contributed by atoms with Crippen LogP contribution in [0.1, 0.15) is 84.8 Å². The zero-order chi connectivity index (χ0) is 29.3. The molecule has 0 spiro atoms. The number of rotatable bonds is 15. The SMILES string of the molecule is CCC.CCCCN(CCC)CCC.CCOC(=O)CNc1ccc(CN=Cc2cccc([N+](=O)[O-])c2)cc1. The molecule has 0 atom stereocenters. The number of anilines is 1. The van der Waals surface area contributed by atoms with Crippen molar-refractivity contribution in [2.75, 3.05) is 38.1 Å². The molecule has 0 aliphatic rings. The lowest BCUT2D eigenvalue weighted by molar-refractivity contribution is -0.384. The van der Waals surface area contributed by atoms with Crippen molar-refractivity contribution in [1.29, 1.82) is 0 Å². The lowest BCUT2D eigenvalue weighted by Gasteiger charge is -2.20. The van der Waals surface area contributed by atoms with E-state index in [2.05, 4.69) is 49.8 Å². The molecule has 0 aliphatic carbocycles. The van der Waals surface area contributed by atoms with Crippen molar-refractivity contribution in [3.05, 3.63) is 69.8 Å². The van der Waals surface area contributed by atoms with Gasteiger partial charge in [0.05, 0.1) is 18.1 Å². The van der Waals surface area contributed by atoms with Crippen LogP contribution < -0.4 is 5.32 Å². The second kappa shape index (κ2) is 23.8. The second-order valence-electron chi connectivity index (χ2n) is 9.08. The van der Waals surface area contributed by atoms with Crippen molar-refractivity contribution in [3.63, 3.8) is 0 Å². The van der Waals surface area contributed by atoms with E-state index in [4.69, 9.17) is 4.74 Å². The lowest BCUT2D eigenvalue weighted by Crippen LogP contribution is -2.26. The molecule has 0 amide bonds. The number of unbranched alkanes of at least 4 members (excludes halogenated alkanes) is 1. The topological polar surface area (TPSA) is 97.1 Å². The van der Waals surface area contributed by atoms with Crippen LogP contribution in [0.2, 0.25) is 0 Å². The van der Waals surface area contributed by atoms with Crippen molar-refractivity contribution >= 4 is 23.6 Å². The molecule has 8 nitrogen and oxygen atoms in total. The summed E-state index contributed by atoms with van der Waals surface area (Å²) in [6, 6.07) is 13.8. The summed E-state index contributed by atoms with van der Waals surface area (Å²) >= 11 is 0. The fourth-order valence-corrected chi connectivity index (χ4v) is 3.44. The van der Waals surface area contributed by atoms with Gasteiger partial charge in [-0.05, 0) is 69.1 Å². The average molecular weight is 543 g/mol. The molecule has 2 aromatic rings. The molecule has 0 radical (unpaired) electrons. The molecule has 39 heavy (non-hydrogen) atoms. The normalized spacial score (nSPS) is 10.3. The number of nitrogens with one attached hydrogen (secondary N) is 1. The number of hydrogen-bond acceptors (Lipinski definition) is 7. The van der Waals surface area contributed by atoms with Crippen LogP contribution in [0.5, 0.6) is 0 Å². The van der Waals surface area contributed by atoms with Crippen LogP contribution in [0.4, 0.5) is 11.4 Å². The van der Waals surface area contributed by atoms with Crippen molar-refractivity contribution in [2.45, 2.75) is 80.2 Å². The summed E-state index contributed by atoms with van der Waals surface area (Å²) in [6.07, 6.45) is 8.14. The van der Waals surface area contributed by atoms with E-state index >= 15 is 0 Å². The van der Waals surface area contributed by atoms with Crippen molar-refractivity contribution in [2.24, 2.45) is 4.99 Å². The van der Waals surface area contributed by atoms with Crippen LogP contribution in [0.15, 0.2) is 53.5 Å². The number of non-ortho nitro benzene ring substituents is 1. The number of ether oxygens (including phenoxy) is 1. The summed E-state index contributed by atoms with van der Waals surface area (Å²) in [5.41, 5.74) is 2.53. The van der Waals surface area contributed by atoms with E-state index < -0.39 is 4.92 Å². The van der Waals surface area contributed by atoms with Gasteiger partial charge in [-0.25, -0.2) is 0 Å². The standard InChI is InChI=1S/C18H19N3O4.C10H23N.C3H8/c1-2-25-18(22)13-20-16-8-6-14(7-9-16)11-19-12-15-4-3-5-17(10-15)21(23)24;1-4-7-10-11(8-5-2)9-6-3;1-3-2/h3-10,12,20H,2,11,13H2,1H3;4-10H2,1-3H3;3H2,1-2H3. The molecule has 0 bridgehead atoms. The number of hydrogen-bond donors (Lipinski definition) is 1. The number of nitro groups is 1. The number of nitro benzene ring substituents is 1. The van der Waals surface area contributed by atoms with Gasteiger partial charge in [0, 0.05) is 24.0 Å². The molecule has 0 saturated heterocycles. The van der Waals surface area contributed by atoms with Gasteiger partial charge in [0.1, 0.15) is 6.54 Å². The Morgan fingerprint density at radius 1 is 0.974 bits per heavy atom. The van der Waals surface area contributed by atoms with E-state index in [1.54, 1.807) is 25.3 Å². The Kier molecular flexibility index (Phi) is 21.8. The summed E-state index contributed by atoms with van der Waals surface area (Å²) in [5, 5.41) is 13.7. The van der Waals surface area contributed by atoms with E-state index in [0.29, 0.717) is 18.7 Å². The smallest absolute Gasteiger partial charge is 0.325 e.